The summed E-state index contributed by atoms with van der Waals surface area (Å²) in [5.74, 6) is 0.722. The van der Waals surface area contributed by atoms with E-state index in [2.05, 4.69) is 38.4 Å². The quantitative estimate of drug-likeness (QED) is 0.391. The number of hydrogen-bond acceptors (Lipinski definition) is 7. The second-order valence-electron chi connectivity index (χ2n) is 9.42. The maximum Gasteiger partial charge on any atom is 0.287 e. The average molecular weight is 474 g/mol. The fourth-order valence-electron chi connectivity index (χ4n) is 4.97. The first-order valence-electron chi connectivity index (χ1n) is 12.3. The van der Waals surface area contributed by atoms with E-state index in [0.29, 0.717) is 18.1 Å². The van der Waals surface area contributed by atoms with Gasteiger partial charge < -0.3 is 19.5 Å². The number of fused-ring (bicyclic) bond motifs is 1. The van der Waals surface area contributed by atoms with Gasteiger partial charge in [-0.15, -0.1) is 0 Å². The van der Waals surface area contributed by atoms with Crippen LogP contribution in [0.15, 0.2) is 58.4 Å². The molecular weight excluding hydrogens is 442 g/mol. The number of carbonyl (C=O) groups is 1. The van der Waals surface area contributed by atoms with Crippen molar-refractivity contribution in [2.45, 2.75) is 25.3 Å². The predicted octanol–water partition coefficient (Wildman–Crippen LogP) is 4.13. The molecule has 1 amide bonds. The molecule has 1 N–H and O–H groups in total. The molecule has 3 heterocycles. The zero-order valence-corrected chi connectivity index (χ0v) is 20.1. The lowest BCUT2D eigenvalue weighted by Crippen LogP contribution is -2.45. The Kier molecular flexibility index (Phi) is 7.01. The number of rotatable bonds is 8. The van der Waals surface area contributed by atoms with Crippen LogP contribution in [0.4, 0.5) is 0 Å². The lowest BCUT2D eigenvalue weighted by atomic mass is 9.99. The topological polar surface area (TPSA) is 91.0 Å². The molecule has 1 aliphatic carbocycles. The van der Waals surface area contributed by atoms with E-state index in [1.807, 2.05) is 30.3 Å². The molecule has 35 heavy (non-hydrogen) atoms. The molecule has 2 aliphatic rings. The highest BCUT2D eigenvalue weighted by Gasteiger charge is 2.25. The molecule has 1 fully saturated rings. The molecule has 0 bridgehead atoms. The van der Waals surface area contributed by atoms with E-state index in [0.717, 1.165) is 79.8 Å². The summed E-state index contributed by atoms with van der Waals surface area (Å²) in [6.07, 6.45) is 5.91. The molecule has 182 valence electrons. The van der Waals surface area contributed by atoms with Crippen LogP contribution in [0.3, 0.4) is 0 Å². The Bertz CT molecular complexity index is 1180. The minimum absolute atomic E-state index is 0.212. The molecule has 8 heteroatoms. The zero-order valence-electron chi connectivity index (χ0n) is 20.1. The van der Waals surface area contributed by atoms with Gasteiger partial charge in [0.15, 0.2) is 5.76 Å². The summed E-state index contributed by atoms with van der Waals surface area (Å²) in [5, 5.41) is 6.27. The fourth-order valence-corrected chi connectivity index (χ4v) is 4.97. The molecule has 2 aromatic heterocycles. The van der Waals surface area contributed by atoms with Crippen LogP contribution in [-0.4, -0.2) is 67.0 Å². The first-order valence-corrected chi connectivity index (χ1v) is 12.3. The number of furan rings is 1. The minimum atomic E-state index is -0.275. The number of amides is 1. The van der Waals surface area contributed by atoms with Gasteiger partial charge in [-0.3, -0.25) is 9.78 Å². The van der Waals surface area contributed by atoms with Crippen molar-refractivity contribution in [3.8, 4) is 22.5 Å². The van der Waals surface area contributed by atoms with Crippen LogP contribution in [0.25, 0.3) is 22.5 Å². The summed E-state index contributed by atoms with van der Waals surface area (Å²) in [7, 11) is 2.15. The summed E-state index contributed by atoms with van der Waals surface area (Å²) in [4.78, 5) is 33.0. The standard InChI is InChI=1S/C27H31N5O3/c1-31-13-15-32(16-14-31)12-2-9-29-27(33)25-18-23(19-7-10-28-11-8-19)26(35-25)21-3-5-22-20(17-21)4-6-24(22)30-34/h3,5,7-8,10-11,17-18,24H,2,4,6,9,12-16H2,1H3,(H,29,33). The van der Waals surface area contributed by atoms with Gasteiger partial charge in [-0.1, -0.05) is 17.3 Å². The molecule has 0 radical (unpaired) electrons. The molecule has 1 saturated heterocycles. The van der Waals surface area contributed by atoms with Gasteiger partial charge in [0.05, 0.1) is 0 Å². The Labute approximate surface area is 205 Å². The monoisotopic (exact) mass is 473 g/mol. The summed E-state index contributed by atoms with van der Waals surface area (Å²) in [5.41, 5.74) is 4.76. The van der Waals surface area contributed by atoms with Crippen LogP contribution in [0, 0.1) is 4.91 Å². The number of piperazine rings is 1. The SMILES string of the molecule is CN1CCN(CCCNC(=O)c2cc(-c3ccncc3)c(-c3ccc4c(c3)CCC4N=O)o2)CC1. The zero-order chi connectivity index (χ0) is 24.2. The van der Waals surface area contributed by atoms with Gasteiger partial charge in [0.25, 0.3) is 5.91 Å². The molecule has 5 rings (SSSR count). The second-order valence-corrected chi connectivity index (χ2v) is 9.42. The van der Waals surface area contributed by atoms with Gasteiger partial charge in [-0.2, -0.15) is 4.91 Å². The lowest BCUT2D eigenvalue weighted by molar-refractivity contribution is 0.0922. The van der Waals surface area contributed by atoms with Crippen molar-refractivity contribution >= 4 is 5.91 Å². The number of nitrogens with zero attached hydrogens (tertiary/aromatic N) is 4. The highest BCUT2D eigenvalue weighted by Crippen LogP contribution is 2.40. The van der Waals surface area contributed by atoms with Crippen molar-refractivity contribution in [3.63, 3.8) is 0 Å². The number of pyridine rings is 1. The van der Waals surface area contributed by atoms with E-state index in [1.165, 1.54) is 0 Å². The van der Waals surface area contributed by atoms with Crippen molar-refractivity contribution in [1.82, 2.24) is 20.1 Å². The minimum Gasteiger partial charge on any atom is -0.450 e. The maximum atomic E-state index is 13.0. The maximum absolute atomic E-state index is 13.0. The van der Waals surface area contributed by atoms with E-state index < -0.39 is 0 Å². The summed E-state index contributed by atoms with van der Waals surface area (Å²) >= 11 is 0. The van der Waals surface area contributed by atoms with Crippen LogP contribution >= 0.6 is 0 Å². The van der Waals surface area contributed by atoms with E-state index >= 15 is 0 Å². The largest absolute Gasteiger partial charge is 0.450 e. The highest BCUT2D eigenvalue weighted by molar-refractivity contribution is 5.95. The average Bonchev–Trinajstić information content (AvgIpc) is 3.52. The Morgan fingerprint density at radius 3 is 2.69 bits per heavy atom. The van der Waals surface area contributed by atoms with E-state index in [-0.39, 0.29) is 11.9 Å². The first-order chi connectivity index (χ1) is 17.1. The third-order valence-corrected chi connectivity index (χ3v) is 7.06. The smallest absolute Gasteiger partial charge is 0.287 e. The Balaban J connectivity index is 1.32. The van der Waals surface area contributed by atoms with E-state index in [4.69, 9.17) is 4.42 Å². The number of benzene rings is 1. The number of carbonyl (C=O) groups excluding carboxylic acids is 1. The van der Waals surface area contributed by atoms with Crippen LogP contribution in [0.5, 0.6) is 0 Å². The third-order valence-electron chi connectivity index (χ3n) is 7.06. The molecule has 1 aliphatic heterocycles. The Morgan fingerprint density at radius 1 is 1.11 bits per heavy atom. The van der Waals surface area contributed by atoms with Gasteiger partial charge in [-0.25, -0.2) is 0 Å². The molecule has 0 saturated carbocycles. The Hall–Kier alpha value is -3.36. The van der Waals surface area contributed by atoms with Crippen LogP contribution in [0.1, 0.15) is 40.6 Å². The van der Waals surface area contributed by atoms with Crippen molar-refractivity contribution < 1.29 is 9.21 Å². The number of aryl methyl sites for hydroxylation is 1. The van der Waals surface area contributed by atoms with Crippen molar-refractivity contribution in [2.24, 2.45) is 5.18 Å². The normalized spacial score (nSPS) is 18.4. The summed E-state index contributed by atoms with van der Waals surface area (Å²) in [6.45, 7) is 5.91. The highest BCUT2D eigenvalue weighted by atomic mass is 16.4. The van der Waals surface area contributed by atoms with E-state index in [1.54, 1.807) is 12.4 Å². The molecule has 1 atom stereocenters. The van der Waals surface area contributed by atoms with Gasteiger partial charge >= 0.3 is 0 Å². The van der Waals surface area contributed by atoms with Crippen molar-refractivity contribution in [3.05, 3.63) is 70.6 Å². The van der Waals surface area contributed by atoms with Gasteiger partial charge in [0.1, 0.15) is 11.8 Å². The first kappa shape index (κ1) is 23.4. The van der Waals surface area contributed by atoms with Gasteiger partial charge in [-0.05, 0) is 73.8 Å². The lowest BCUT2D eigenvalue weighted by Gasteiger charge is -2.32. The predicted molar refractivity (Wildman–Crippen MR) is 135 cm³/mol. The third kappa shape index (κ3) is 5.18. The Morgan fingerprint density at radius 2 is 1.91 bits per heavy atom. The van der Waals surface area contributed by atoms with Crippen LogP contribution in [-0.2, 0) is 6.42 Å². The number of nitroso groups, excluding NO2 is 1. The number of hydrogen-bond donors (Lipinski definition) is 1. The van der Waals surface area contributed by atoms with Crippen molar-refractivity contribution in [1.29, 1.82) is 0 Å². The number of aromatic nitrogens is 1. The molecular formula is C27H31N5O3. The van der Waals surface area contributed by atoms with E-state index in [9.17, 15) is 9.70 Å². The summed E-state index contributed by atoms with van der Waals surface area (Å²) < 4.78 is 6.16. The fraction of sp³-hybridized carbons (Fsp3) is 0.407. The van der Waals surface area contributed by atoms with Crippen molar-refractivity contribution in [2.75, 3.05) is 46.3 Å². The molecule has 8 nitrogen and oxygen atoms in total. The van der Waals surface area contributed by atoms with Crippen LogP contribution < -0.4 is 5.32 Å². The molecule has 0 spiro atoms. The number of nitrogens with one attached hydrogen (secondary N) is 1. The molecule has 1 aromatic carbocycles. The summed E-state index contributed by atoms with van der Waals surface area (Å²) in [6, 6.07) is 11.3. The molecule has 1 unspecified atom stereocenters. The van der Waals surface area contributed by atoms with Crippen LogP contribution in [0.2, 0.25) is 0 Å². The number of likely N-dealkylation sites (N-methyl/N-ethyl adjacent to an activating group) is 1. The van der Waals surface area contributed by atoms with Gasteiger partial charge in [0.2, 0.25) is 0 Å². The second kappa shape index (κ2) is 10.5. The van der Waals surface area contributed by atoms with Gasteiger partial charge in [0, 0.05) is 56.2 Å². The molecule has 3 aromatic rings.